The van der Waals surface area contributed by atoms with Gasteiger partial charge in [0.15, 0.2) is 0 Å². The third-order valence-electron chi connectivity index (χ3n) is 4.56. The van der Waals surface area contributed by atoms with Crippen LogP contribution in [0.5, 0.6) is 0 Å². The van der Waals surface area contributed by atoms with Gasteiger partial charge in [0.1, 0.15) is 11.6 Å². The molecule has 0 fully saturated rings. The maximum absolute atomic E-state index is 13.2. The smallest absolute Gasteiger partial charge is 0.337 e. The van der Waals surface area contributed by atoms with Crippen molar-refractivity contribution in [2.75, 3.05) is 7.11 Å². The van der Waals surface area contributed by atoms with Crippen molar-refractivity contribution >= 4 is 16.9 Å². The van der Waals surface area contributed by atoms with Gasteiger partial charge >= 0.3 is 5.97 Å². The lowest BCUT2D eigenvalue weighted by Gasteiger charge is -2.23. The SMILES string of the molecule is COC(=O)c1ccc2c(=O)[nH]c(CN[C@H](c3ccc(F)cc3)C(C)C)nc2c1. The van der Waals surface area contributed by atoms with Gasteiger partial charge in [0, 0.05) is 6.04 Å². The zero-order valence-corrected chi connectivity index (χ0v) is 16.0. The van der Waals surface area contributed by atoms with E-state index in [0.29, 0.717) is 28.8 Å². The minimum atomic E-state index is -0.486. The summed E-state index contributed by atoms with van der Waals surface area (Å²) in [7, 11) is 1.30. The van der Waals surface area contributed by atoms with E-state index in [9.17, 15) is 14.0 Å². The van der Waals surface area contributed by atoms with Crippen LogP contribution in [0.25, 0.3) is 10.9 Å². The highest BCUT2D eigenvalue weighted by atomic mass is 19.1. The van der Waals surface area contributed by atoms with Crippen molar-refractivity contribution < 1.29 is 13.9 Å². The quantitative estimate of drug-likeness (QED) is 0.638. The highest BCUT2D eigenvalue weighted by Gasteiger charge is 2.16. The number of halogens is 1. The zero-order valence-electron chi connectivity index (χ0n) is 16.0. The number of aromatic nitrogens is 2. The molecule has 0 aliphatic carbocycles. The number of nitrogens with zero attached hydrogens (tertiary/aromatic N) is 1. The van der Waals surface area contributed by atoms with Crippen LogP contribution in [0.2, 0.25) is 0 Å². The normalized spacial score (nSPS) is 12.3. The van der Waals surface area contributed by atoms with E-state index in [2.05, 4.69) is 29.1 Å². The summed E-state index contributed by atoms with van der Waals surface area (Å²) in [4.78, 5) is 31.3. The molecule has 146 valence electrons. The number of esters is 1. The van der Waals surface area contributed by atoms with E-state index in [-0.39, 0.29) is 23.3 Å². The summed E-state index contributed by atoms with van der Waals surface area (Å²) in [5, 5.41) is 3.76. The fourth-order valence-corrected chi connectivity index (χ4v) is 3.13. The maximum Gasteiger partial charge on any atom is 0.337 e. The lowest BCUT2D eigenvalue weighted by molar-refractivity contribution is 0.0601. The van der Waals surface area contributed by atoms with E-state index in [1.54, 1.807) is 24.3 Å². The molecule has 0 aliphatic rings. The van der Waals surface area contributed by atoms with Crippen molar-refractivity contribution in [3.63, 3.8) is 0 Å². The molecule has 7 heteroatoms. The number of H-pyrrole nitrogens is 1. The Kier molecular flexibility index (Phi) is 5.84. The number of ether oxygens (including phenoxy) is 1. The Hall–Kier alpha value is -3.06. The molecule has 0 spiro atoms. The van der Waals surface area contributed by atoms with Gasteiger partial charge in [-0.05, 0) is 41.8 Å². The maximum atomic E-state index is 13.2. The van der Waals surface area contributed by atoms with Gasteiger partial charge in [0.05, 0.1) is 30.1 Å². The van der Waals surface area contributed by atoms with Gasteiger partial charge in [0.2, 0.25) is 0 Å². The molecule has 0 radical (unpaired) electrons. The Bertz CT molecular complexity index is 1040. The van der Waals surface area contributed by atoms with E-state index in [0.717, 1.165) is 5.56 Å². The van der Waals surface area contributed by atoms with Gasteiger partial charge in [-0.25, -0.2) is 14.2 Å². The first-order valence-corrected chi connectivity index (χ1v) is 8.99. The summed E-state index contributed by atoms with van der Waals surface area (Å²) in [6.07, 6.45) is 0. The monoisotopic (exact) mass is 383 g/mol. The van der Waals surface area contributed by atoms with Gasteiger partial charge in [-0.2, -0.15) is 0 Å². The van der Waals surface area contributed by atoms with Gasteiger partial charge in [-0.1, -0.05) is 26.0 Å². The molecule has 0 bridgehead atoms. The number of fused-ring (bicyclic) bond motifs is 1. The van der Waals surface area contributed by atoms with Gasteiger partial charge in [0.25, 0.3) is 5.56 Å². The average Bonchev–Trinajstić information content (AvgIpc) is 2.68. The van der Waals surface area contributed by atoms with Crippen LogP contribution in [0.4, 0.5) is 4.39 Å². The molecule has 1 atom stereocenters. The van der Waals surface area contributed by atoms with Crippen molar-refractivity contribution in [3.05, 3.63) is 75.6 Å². The molecule has 28 heavy (non-hydrogen) atoms. The fourth-order valence-electron chi connectivity index (χ4n) is 3.13. The largest absolute Gasteiger partial charge is 0.465 e. The van der Waals surface area contributed by atoms with Crippen molar-refractivity contribution in [1.82, 2.24) is 15.3 Å². The Morgan fingerprint density at radius 1 is 1.21 bits per heavy atom. The van der Waals surface area contributed by atoms with Crippen LogP contribution < -0.4 is 10.9 Å². The van der Waals surface area contributed by atoms with Crippen LogP contribution in [0.3, 0.4) is 0 Å². The van der Waals surface area contributed by atoms with E-state index in [1.165, 1.54) is 25.3 Å². The van der Waals surface area contributed by atoms with Crippen molar-refractivity contribution in [3.8, 4) is 0 Å². The van der Waals surface area contributed by atoms with Gasteiger partial charge in [-0.15, -0.1) is 0 Å². The molecular formula is C21H22FN3O3. The highest BCUT2D eigenvalue weighted by Crippen LogP contribution is 2.22. The molecule has 0 aliphatic heterocycles. The Morgan fingerprint density at radius 3 is 2.57 bits per heavy atom. The Balaban J connectivity index is 1.87. The number of nitrogens with one attached hydrogen (secondary N) is 2. The zero-order chi connectivity index (χ0) is 20.3. The number of carbonyl (C=O) groups is 1. The molecule has 0 unspecified atom stereocenters. The number of benzene rings is 2. The van der Waals surface area contributed by atoms with Crippen molar-refractivity contribution in [2.45, 2.75) is 26.4 Å². The molecule has 1 aromatic heterocycles. The lowest BCUT2D eigenvalue weighted by Crippen LogP contribution is -2.27. The number of hydrogen-bond acceptors (Lipinski definition) is 5. The molecule has 3 rings (SSSR count). The fraction of sp³-hybridized carbons (Fsp3) is 0.286. The second-order valence-corrected chi connectivity index (χ2v) is 6.89. The van der Waals surface area contributed by atoms with Crippen molar-refractivity contribution in [1.29, 1.82) is 0 Å². The van der Waals surface area contributed by atoms with E-state index >= 15 is 0 Å². The summed E-state index contributed by atoms with van der Waals surface area (Å²) >= 11 is 0. The second kappa shape index (κ2) is 8.31. The second-order valence-electron chi connectivity index (χ2n) is 6.89. The molecule has 0 saturated heterocycles. The van der Waals surface area contributed by atoms with E-state index in [1.807, 2.05) is 0 Å². The highest BCUT2D eigenvalue weighted by molar-refractivity contribution is 5.93. The van der Waals surface area contributed by atoms with E-state index < -0.39 is 5.97 Å². The third-order valence-corrected chi connectivity index (χ3v) is 4.56. The number of rotatable bonds is 6. The lowest BCUT2D eigenvalue weighted by atomic mass is 9.96. The van der Waals surface area contributed by atoms with Gasteiger partial charge in [-0.3, -0.25) is 4.79 Å². The Morgan fingerprint density at radius 2 is 1.93 bits per heavy atom. The number of methoxy groups -OCH3 is 1. The first-order valence-electron chi connectivity index (χ1n) is 8.99. The molecular weight excluding hydrogens is 361 g/mol. The topological polar surface area (TPSA) is 84.1 Å². The van der Waals surface area contributed by atoms with Crippen LogP contribution in [0.1, 0.15) is 41.6 Å². The number of aromatic amines is 1. The number of carbonyl (C=O) groups excluding carboxylic acids is 1. The minimum Gasteiger partial charge on any atom is -0.465 e. The summed E-state index contributed by atoms with van der Waals surface area (Å²) in [5.74, 6) is -0.0797. The van der Waals surface area contributed by atoms with Crippen LogP contribution in [-0.4, -0.2) is 23.0 Å². The van der Waals surface area contributed by atoms with Crippen LogP contribution in [0, 0.1) is 11.7 Å². The minimum absolute atomic E-state index is 0.0389. The molecule has 6 nitrogen and oxygen atoms in total. The predicted octanol–water partition coefficient (Wildman–Crippen LogP) is 3.34. The summed E-state index contributed by atoms with van der Waals surface area (Å²) in [6, 6.07) is 10.9. The third kappa shape index (κ3) is 4.26. The summed E-state index contributed by atoms with van der Waals surface area (Å²) in [5.41, 5.74) is 1.43. The molecule has 2 aromatic carbocycles. The van der Waals surface area contributed by atoms with Gasteiger partial charge < -0.3 is 15.0 Å². The first kappa shape index (κ1) is 19.7. The summed E-state index contributed by atoms with van der Waals surface area (Å²) in [6.45, 7) is 4.42. The average molecular weight is 383 g/mol. The van der Waals surface area contributed by atoms with Crippen LogP contribution >= 0.6 is 0 Å². The summed E-state index contributed by atoms with van der Waals surface area (Å²) < 4.78 is 17.9. The molecule has 0 amide bonds. The molecule has 3 aromatic rings. The molecule has 0 saturated carbocycles. The van der Waals surface area contributed by atoms with Crippen LogP contribution in [0.15, 0.2) is 47.3 Å². The van der Waals surface area contributed by atoms with E-state index in [4.69, 9.17) is 4.74 Å². The first-order chi connectivity index (χ1) is 13.4. The number of hydrogen-bond donors (Lipinski definition) is 2. The van der Waals surface area contributed by atoms with Crippen molar-refractivity contribution in [2.24, 2.45) is 5.92 Å². The standard InChI is InChI=1S/C21H22FN3O3/c1-12(2)19(13-4-7-15(22)8-5-13)23-11-18-24-17-10-14(21(27)28-3)6-9-16(17)20(26)25-18/h4-10,12,19,23H,11H2,1-3H3,(H,24,25,26)/t19-/m0/s1. The molecule has 1 heterocycles. The Labute approximate surface area is 161 Å². The molecule has 2 N–H and O–H groups in total. The van der Waals surface area contributed by atoms with Crippen LogP contribution in [-0.2, 0) is 11.3 Å². The predicted molar refractivity (Wildman–Crippen MR) is 105 cm³/mol.